The van der Waals surface area contributed by atoms with Crippen LogP contribution in [0.5, 0.6) is 5.75 Å². The number of esters is 2. The molecule has 0 aromatic heterocycles. The number of carbonyl (C=O) groups is 2. The minimum absolute atomic E-state index is 0.138. The molecule has 0 saturated carbocycles. The molecule has 0 amide bonds. The van der Waals surface area contributed by atoms with Crippen LogP contribution in [0.1, 0.15) is 17.2 Å². The van der Waals surface area contributed by atoms with Crippen molar-refractivity contribution in [1.82, 2.24) is 0 Å². The second-order valence-electron chi connectivity index (χ2n) is 6.51. The lowest BCUT2D eigenvalue weighted by molar-refractivity contribution is -0.153. The van der Waals surface area contributed by atoms with E-state index in [2.05, 4.69) is 13.2 Å². The van der Waals surface area contributed by atoms with Crippen LogP contribution in [0, 0.1) is 0 Å². The van der Waals surface area contributed by atoms with Crippen molar-refractivity contribution in [2.75, 3.05) is 13.7 Å². The van der Waals surface area contributed by atoms with Crippen LogP contribution in [0.3, 0.4) is 0 Å². The van der Waals surface area contributed by atoms with Crippen molar-refractivity contribution in [2.45, 2.75) is 6.10 Å². The van der Waals surface area contributed by atoms with Gasteiger partial charge in [-0.05, 0) is 41.0 Å². The molecule has 0 N–H and O–H groups in total. The first-order valence-corrected chi connectivity index (χ1v) is 9.93. The van der Waals surface area contributed by atoms with E-state index in [1.807, 2.05) is 30.3 Å². The SMILES string of the molecule is C=C/C=C(C=C)/C=C/C(=O)OC(COC(=O)/C=C/c1ccccc1)c1ccc(OC)cc1. The van der Waals surface area contributed by atoms with Crippen LogP contribution < -0.4 is 4.74 Å². The second-order valence-corrected chi connectivity index (χ2v) is 6.51. The zero-order valence-electron chi connectivity index (χ0n) is 18.0. The van der Waals surface area contributed by atoms with Gasteiger partial charge < -0.3 is 14.2 Å². The number of hydrogen-bond donors (Lipinski definition) is 0. The van der Waals surface area contributed by atoms with Gasteiger partial charge in [-0.15, -0.1) is 0 Å². The Balaban J connectivity index is 2.09. The minimum atomic E-state index is -0.789. The molecule has 5 heteroatoms. The summed E-state index contributed by atoms with van der Waals surface area (Å²) in [5.41, 5.74) is 2.24. The van der Waals surface area contributed by atoms with Gasteiger partial charge in [0, 0.05) is 12.2 Å². The fourth-order valence-electron chi connectivity index (χ4n) is 2.62. The number of ether oxygens (including phenoxy) is 3. The molecule has 0 saturated heterocycles. The predicted octanol–water partition coefficient (Wildman–Crippen LogP) is 5.39. The van der Waals surface area contributed by atoms with Crippen LogP contribution in [0.15, 0.2) is 110 Å². The Bertz CT molecular complexity index is 998. The highest BCUT2D eigenvalue weighted by Gasteiger charge is 2.18. The number of hydrogen-bond acceptors (Lipinski definition) is 5. The van der Waals surface area contributed by atoms with E-state index < -0.39 is 18.0 Å². The van der Waals surface area contributed by atoms with E-state index in [0.717, 1.165) is 5.56 Å². The fourth-order valence-corrected chi connectivity index (χ4v) is 2.62. The molecule has 0 aliphatic heterocycles. The molecule has 32 heavy (non-hydrogen) atoms. The fraction of sp³-hybridized carbons (Fsp3) is 0.111. The highest BCUT2D eigenvalue weighted by atomic mass is 16.6. The molecule has 0 bridgehead atoms. The maximum absolute atomic E-state index is 12.4. The summed E-state index contributed by atoms with van der Waals surface area (Å²) >= 11 is 0. The zero-order valence-corrected chi connectivity index (χ0v) is 18.0. The maximum Gasteiger partial charge on any atom is 0.331 e. The van der Waals surface area contributed by atoms with Gasteiger partial charge in [-0.2, -0.15) is 0 Å². The smallest absolute Gasteiger partial charge is 0.331 e. The van der Waals surface area contributed by atoms with Crippen molar-refractivity contribution in [2.24, 2.45) is 0 Å². The Kier molecular flexibility index (Phi) is 9.99. The molecule has 0 radical (unpaired) electrons. The topological polar surface area (TPSA) is 61.8 Å². The Hall–Kier alpha value is -4.12. The first kappa shape index (κ1) is 24.2. The highest BCUT2D eigenvalue weighted by molar-refractivity contribution is 5.87. The second kappa shape index (κ2) is 13.2. The Labute approximate surface area is 188 Å². The van der Waals surface area contributed by atoms with Crippen LogP contribution >= 0.6 is 0 Å². The lowest BCUT2D eigenvalue weighted by atomic mass is 10.1. The number of rotatable bonds is 11. The third-order valence-corrected chi connectivity index (χ3v) is 4.29. The quantitative estimate of drug-likeness (QED) is 0.272. The summed E-state index contributed by atoms with van der Waals surface area (Å²) in [6.07, 6.45) is 9.94. The Morgan fingerprint density at radius 3 is 2.28 bits per heavy atom. The highest BCUT2D eigenvalue weighted by Crippen LogP contribution is 2.22. The molecule has 164 valence electrons. The van der Waals surface area contributed by atoms with Crippen LogP contribution in [0.4, 0.5) is 0 Å². The number of carbonyl (C=O) groups excluding carboxylic acids is 2. The molecule has 1 unspecified atom stereocenters. The molecule has 0 fully saturated rings. The summed E-state index contributed by atoms with van der Waals surface area (Å²) in [5, 5.41) is 0. The standard InChI is InChI=1S/C27H26O5/c1-4-9-21(5-2)12-19-27(29)32-25(23-14-16-24(30-3)17-15-23)20-31-26(28)18-13-22-10-7-6-8-11-22/h4-19,25H,1-2,20H2,3H3/b18-13+,19-12+,21-9+. The summed E-state index contributed by atoms with van der Waals surface area (Å²) < 4.78 is 16.0. The van der Waals surface area contributed by atoms with Crippen molar-refractivity contribution in [3.8, 4) is 5.75 Å². The van der Waals surface area contributed by atoms with E-state index >= 15 is 0 Å². The molecule has 1 atom stereocenters. The summed E-state index contributed by atoms with van der Waals surface area (Å²) in [6.45, 7) is 7.15. The number of methoxy groups -OCH3 is 1. The summed E-state index contributed by atoms with van der Waals surface area (Å²) in [7, 11) is 1.56. The predicted molar refractivity (Wildman–Crippen MR) is 126 cm³/mol. The van der Waals surface area contributed by atoms with E-state index in [1.54, 1.807) is 61.8 Å². The minimum Gasteiger partial charge on any atom is -0.497 e. The zero-order chi connectivity index (χ0) is 23.2. The summed E-state index contributed by atoms with van der Waals surface area (Å²) in [6, 6.07) is 16.4. The average molecular weight is 431 g/mol. The van der Waals surface area contributed by atoms with Crippen LogP contribution in [0.2, 0.25) is 0 Å². The molecule has 0 aliphatic carbocycles. The lowest BCUT2D eigenvalue weighted by Crippen LogP contribution is -2.17. The normalized spacial score (nSPS) is 12.3. The number of benzene rings is 2. The van der Waals surface area contributed by atoms with Crippen LogP contribution in [-0.4, -0.2) is 25.7 Å². The van der Waals surface area contributed by atoms with Crippen molar-refractivity contribution in [3.05, 3.63) is 121 Å². The van der Waals surface area contributed by atoms with E-state index in [0.29, 0.717) is 16.9 Å². The average Bonchev–Trinajstić information content (AvgIpc) is 2.83. The third kappa shape index (κ3) is 8.32. The van der Waals surface area contributed by atoms with E-state index in [9.17, 15) is 9.59 Å². The summed E-state index contributed by atoms with van der Waals surface area (Å²) in [4.78, 5) is 24.5. The molecule has 0 heterocycles. The first-order chi connectivity index (χ1) is 15.5. The largest absolute Gasteiger partial charge is 0.497 e. The van der Waals surface area contributed by atoms with Gasteiger partial charge >= 0.3 is 11.9 Å². The lowest BCUT2D eigenvalue weighted by Gasteiger charge is -2.17. The van der Waals surface area contributed by atoms with Gasteiger partial charge in [0.25, 0.3) is 0 Å². The monoisotopic (exact) mass is 430 g/mol. The Morgan fingerprint density at radius 1 is 0.938 bits per heavy atom. The van der Waals surface area contributed by atoms with E-state index in [-0.39, 0.29) is 6.61 Å². The van der Waals surface area contributed by atoms with Gasteiger partial charge in [0.1, 0.15) is 12.4 Å². The summed E-state index contributed by atoms with van der Waals surface area (Å²) in [5.74, 6) is -0.466. The van der Waals surface area contributed by atoms with E-state index in [1.165, 1.54) is 12.2 Å². The maximum atomic E-state index is 12.4. The van der Waals surface area contributed by atoms with Gasteiger partial charge in [-0.1, -0.05) is 73.9 Å². The van der Waals surface area contributed by atoms with E-state index in [4.69, 9.17) is 14.2 Å². The third-order valence-electron chi connectivity index (χ3n) is 4.29. The molecule has 2 aromatic carbocycles. The van der Waals surface area contributed by atoms with Gasteiger partial charge in [0.05, 0.1) is 7.11 Å². The molecule has 5 nitrogen and oxygen atoms in total. The van der Waals surface area contributed by atoms with Crippen LogP contribution in [0.25, 0.3) is 6.08 Å². The number of allylic oxidation sites excluding steroid dienone is 5. The van der Waals surface area contributed by atoms with Gasteiger partial charge in [-0.25, -0.2) is 9.59 Å². The van der Waals surface area contributed by atoms with Crippen molar-refractivity contribution in [3.63, 3.8) is 0 Å². The molecule has 0 aliphatic rings. The van der Waals surface area contributed by atoms with Crippen molar-refractivity contribution >= 4 is 18.0 Å². The molecule has 2 aromatic rings. The van der Waals surface area contributed by atoms with Gasteiger partial charge in [0.15, 0.2) is 6.10 Å². The van der Waals surface area contributed by atoms with Crippen LogP contribution in [-0.2, 0) is 19.1 Å². The van der Waals surface area contributed by atoms with Crippen molar-refractivity contribution < 1.29 is 23.8 Å². The first-order valence-electron chi connectivity index (χ1n) is 9.93. The molecule has 0 spiro atoms. The molecule has 2 rings (SSSR count). The Morgan fingerprint density at radius 2 is 1.66 bits per heavy atom. The van der Waals surface area contributed by atoms with Gasteiger partial charge in [-0.3, -0.25) is 0 Å². The molecular weight excluding hydrogens is 404 g/mol. The molecular formula is C27H26O5. The van der Waals surface area contributed by atoms with Crippen molar-refractivity contribution in [1.29, 1.82) is 0 Å². The van der Waals surface area contributed by atoms with Gasteiger partial charge in [0.2, 0.25) is 0 Å².